The van der Waals surface area contributed by atoms with E-state index < -0.39 is 12.6 Å². The summed E-state index contributed by atoms with van der Waals surface area (Å²) in [6, 6.07) is 12.8. The summed E-state index contributed by atoms with van der Waals surface area (Å²) in [5.74, 6) is 0.547. The number of carbonyl (C=O) groups is 1. The van der Waals surface area contributed by atoms with Gasteiger partial charge in [0.25, 0.3) is 5.89 Å². The summed E-state index contributed by atoms with van der Waals surface area (Å²) in [7, 11) is 0. The minimum absolute atomic E-state index is 0.348. The van der Waals surface area contributed by atoms with Crippen molar-refractivity contribution in [3.8, 4) is 34.3 Å². The Labute approximate surface area is 150 Å². The summed E-state index contributed by atoms with van der Waals surface area (Å²) < 4.78 is 16.1. The molecule has 0 aliphatic heterocycles. The summed E-state index contributed by atoms with van der Waals surface area (Å²) in [6.07, 6.45) is 0. The molecule has 1 aromatic heterocycles. The van der Waals surface area contributed by atoms with Crippen molar-refractivity contribution < 1.29 is 23.9 Å². The van der Waals surface area contributed by atoms with Gasteiger partial charge in [-0.1, -0.05) is 22.9 Å². The molecule has 134 valence electrons. The van der Waals surface area contributed by atoms with Crippen molar-refractivity contribution in [3.63, 3.8) is 0 Å². The highest BCUT2D eigenvalue weighted by atomic mass is 16.5. The molecule has 0 bridgehead atoms. The minimum Gasteiger partial charge on any atom is -0.490 e. The molecule has 0 amide bonds. The van der Waals surface area contributed by atoms with Crippen LogP contribution in [0.1, 0.15) is 12.5 Å². The van der Waals surface area contributed by atoms with Crippen LogP contribution in [0.5, 0.6) is 11.5 Å². The molecule has 3 rings (SSSR count). The molecule has 0 spiro atoms. The van der Waals surface area contributed by atoms with Gasteiger partial charge in [-0.05, 0) is 44.2 Å². The van der Waals surface area contributed by atoms with Crippen LogP contribution in [0.3, 0.4) is 0 Å². The van der Waals surface area contributed by atoms with E-state index in [0.29, 0.717) is 35.4 Å². The predicted molar refractivity (Wildman–Crippen MR) is 94.2 cm³/mol. The van der Waals surface area contributed by atoms with Gasteiger partial charge in [0.1, 0.15) is 0 Å². The van der Waals surface area contributed by atoms with Crippen LogP contribution in [0.4, 0.5) is 0 Å². The van der Waals surface area contributed by atoms with Crippen molar-refractivity contribution in [2.45, 2.75) is 13.8 Å². The van der Waals surface area contributed by atoms with Crippen molar-refractivity contribution in [2.75, 3.05) is 13.2 Å². The third-order valence-electron chi connectivity index (χ3n) is 3.54. The number of nitrogens with zero attached hydrogens (tertiary/aromatic N) is 2. The van der Waals surface area contributed by atoms with E-state index in [0.717, 1.165) is 11.1 Å². The average molecular weight is 354 g/mol. The van der Waals surface area contributed by atoms with Gasteiger partial charge in [0.05, 0.1) is 6.61 Å². The third-order valence-corrected chi connectivity index (χ3v) is 3.54. The van der Waals surface area contributed by atoms with Crippen molar-refractivity contribution >= 4 is 5.97 Å². The lowest BCUT2D eigenvalue weighted by Gasteiger charge is -2.11. The lowest BCUT2D eigenvalue weighted by Crippen LogP contribution is -2.10. The number of hydrogen-bond acceptors (Lipinski definition) is 6. The number of rotatable bonds is 7. The maximum absolute atomic E-state index is 10.7. The smallest absolute Gasteiger partial charge is 0.341 e. The van der Waals surface area contributed by atoms with Crippen LogP contribution in [0.15, 0.2) is 47.0 Å². The Morgan fingerprint density at radius 3 is 2.69 bits per heavy atom. The quantitative estimate of drug-likeness (QED) is 0.693. The third kappa shape index (κ3) is 4.00. The molecule has 0 saturated carbocycles. The molecule has 1 heterocycles. The fourth-order valence-corrected chi connectivity index (χ4v) is 2.41. The monoisotopic (exact) mass is 354 g/mol. The molecule has 0 saturated heterocycles. The largest absolute Gasteiger partial charge is 0.490 e. The van der Waals surface area contributed by atoms with Gasteiger partial charge in [0.15, 0.2) is 18.1 Å². The van der Waals surface area contributed by atoms with E-state index >= 15 is 0 Å². The molecular weight excluding hydrogens is 336 g/mol. The fraction of sp³-hybridized carbons (Fsp3) is 0.211. The van der Waals surface area contributed by atoms with Gasteiger partial charge in [0, 0.05) is 11.1 Å². The second-order valence-electron chi connectivity index (χ2n) is 5.57. The van der Waals surface area contributed by atoms with Crippen LogP contribution >= 0.6 is 0 Å². The van der Waals surface area contributed by atoms with Crippen LogP contribution in [-0.4, -0.2) is 34.4 Å². The molecule has 2 aromatic carbocycles. The Bertz CT molecular complexity index is 920. The van der Waals surface area contributed by atoms with Gasteiger partial charge in [0.2, 0.25) is 5.82 Å². The SMILES string of the molecule is CCOc1cc(-c2noc(-c3cccc(C)c3)n2)ccc1OCC(=O)O. The number of ether oxygens (including phenoxy) is 2. The average Bonchev–Trinajstić information content (AvgIpc) is 3.11. The maximum atomic E-state index is 10.7. The summed E-state index contributed by atoms with van der Waals surface area (Å²) in [5, 5.41) is 12.8. The minimum atomic E-state index is -1.06. The number of carboxylic acid groups (broad SMARTS) is 1. The zero-order valence-electron chi connectivity index (χ0n) is 14.4. The molecule has 0 fully saturated rings. The van der Waals surface area contributed by atoms with E-state index in [1.165, 1.54) is 0 Å². The molecule has 0 aliphatic carbocycles. The van der Waals surface area contributed by atoms with E-state index in [1.54, 1.807) is 18.2 Å². The molecule has 7 heteroatoms. The van der Waals surface area contributed by atoms with E-state index in [-0.39, 0.29) is 0 Å². The number of carboxylic acids is 1. The van der Waals surface area contributed by atoms with Gasteiger partial charge >= 0.3 is 5.97 Å². The molecule has 0 atom stereocenters. The Kier molecular flexibility index (Phi) is 5.17. The van der Waals surface area contributed by atoms with Gasteiger partial charge < -0.3 is 19.1 Å². The van der Waals surface area contributed by atoms with E-state index in [2.05, 4.69) is 10.1 Å². The van der Waals surface area contributed by atoms with E-state index in [4.69, 9.17) is 19.1 Å². The Morgan fingerprint density at radius 2 is 1.96 bits per heavy atom. The molecule has 0 unspecified atom stereocenters. The maximum Gasteiger partial charge on any atom is 0.341 e. The van der Waals surface area contributed by atoms with Crippen LogP contribution in [0.2, 0.25) is 0 Å². The van der Waals surface area contributed by atoms with Crippen molar-refractivity contribution in [1.29, 1.82) is 0 Å². The highest BCUT2D eigenvalue weighted by molar-refractivity contribution is 5.69. The number of aromatic nitrogens is 2. The van der Waals surface area contributed by atoms with Gasteiger partial charge in [-0.15, -0.1) is 0 Å². The standard InChI is InChI=1S/C19H18N2O5/c1-3-24-16-10-13(7-8-15(16)25-11-17(22)23)18-20-19(26-21-18)14-6-4-5-12(2)9-14/h4-10H,3,11H2,1-2H3,(H,22,23). The highest BCUT2D eigenvalue weighted by Crippen LogP contribution is 2.32. The second-order valence-corrected chi connectivity index (χ2v) is 5.57. The first kappa shape index (κ1) is 17.5. The Balaban J connectivity index is 1.89. The lowest BCUT2D eigenvalue weighted by atomic mass is 10.1. The molecule has 1 N–H and O–H groups in total. The van der Waals surface area contributed by atoms with Gasteiger partial charge in [-0.2, -0.15) is 4.98 Å². The van der Waals surface area contributed by atoms with Gasteiger partial charge in [-0.3, -0.25) is 0 Å². The van der Waals surface area contributed by atoms with Crippen molar-refractivity contribution in [3.05, 3.63) is 48.0 Å². The van der Waals surface area contributed by atoms with E-state index in [1.807, 2.05) is 38.1 Å². The van der Waals surface area contributed by atoms with Gasteiger partial charge in [-0.25, -0.2) is 4.79 Å². The van der Waals surface area contributed by atoms with E-state index in [9.17, 15) is 4.79 Å². The molecule has 0 radical (unpaired) electrons. The molecular formula is C19H18N2O5. The van der Waals surface area contributed by atoms with Crippen LogP contribution in [0, 0.1) is 6.92 Å². The molecule has 0 aliphatic rings. The normalized spacial score (nSPS) is 10.5. The lowest BCUT2D eigenvalue weighted by molar-refractivity contribution is -0.139. The predicted octanol–water partition coefficient (Wildman–Crippen LogP) is 3.57. The number of hydrogen-bond donors (Lipinski definition) is 1. The van der Waals surface area contributed by atoms with Crippen LogP contribution in [0.25, 0.3) is 22.8 Å². The first-order valence-electron chi connectivity index (χ1n) is 8.09. The van der Waals surface area contributed by atoms with Crippen molar-refractivity contribution in [2.24, 2.45) is 0 Å². The van der Waals surface area contributed by atoms with Crippen LogP contribution in [-0.2, 0) is 4.79 Å². The summed E-state index contributed by atoms with van der Waals surface area (Å²) >= 11 is 0. The summed E-state index contributed by atoms with van der Waals surface area (Å²) in [6.45, 7) is 3.79. The highest BCUT2D eigenvalue weighted by Gasteiger charge is 2.14. The zero-order valence-corrected chi connectivity index (χ0v) is 14.4. The summed E-state index contributed by atoms with van der Waals surface area (Å²) in [4.78, 5) is 15.1. The Hall–Kier alpha value is -3.35. The summed E-state index contributed by atoms with van der Waals surface area (Å²) in [5.41, 5.74) is 2.62. The second kappa shape index (κ2) is 7.69. The first-order chi connectivity index (χ1) is 12.6. The Morgan fingerprint density at radius 1 is 1.12 bits per heavy atom. The number of aliphatic carboxylic acids is 1. The number of aryl methyl sites for hydroxylation is 1. The fourth-order valence-electron chi connectivity index (χ4n) is 2.41. The topological polar surface area (TPSA) is 94.7 Å². The molecule has 26 heavy (non-hydrogen) atoms. The first-order valence-corrected chi connectivity index (χ1v) is 8.09. The van der Waals surface area contributed by atoms with Crippen molar-refractivity contribution in [1.82, 2.24) is 10.1 Å². The molecule has 3 aromatic rings. The molecule has 7 nitrogen and oxygen atoms in total. The number of benzene rings is 2. The van der Waals surface area contributed by atoms with Crippen LogP contribution < -0.4 is 9.47 Å². The zero-order chi connectivity index (χ0) is 18.5.